The van der Waals surface area contributed by atoms with Crippen LogP contribution in [0, 0.1) is 6.92 Å². The van der Waals surface area contributed by atoms with Gasteiger partial charge in [-0.2, -0.15) is 4.31 Å². The number of hydrogen-bond acceptors (Lipinski definition) is 5. The number of amides is 1. The normalized spacial score (nSPS) is 18.1. The minimum absolute atomic E-state index is 0.207. The van der Waals surface area contributed by atoms with Crippen molar-refractivity contribution in [2.24, 2.45) is 0 Å². The lowest BCUT2D eigenvalue weighted by Crippen LogP contribution is -2.49. The van der Waals surface area contributed by atoms with E-state index in [1.165, 1.54) is 17.6 Å². The van der Waals surface area contributed by atoms with E-state index in [-0.39, 0.29) is 10.8 Å². The molecular weight excluding hydrogens is 366 g/mol. The van der Waals surface area contributed by atoms with E-state index < -0.39 is 16.1 Å². The summed E-state index contributed by atoms with van der Waals surface area (Å²) in [5.74, 6) is 0.0894. The van der Waals surface area contributed by atoms with E-state index in [2.05, 4.69) is 10.3 Å². The lowest BCUT2D eigenvalue weighted by Gasteiger charge is -2.33. The molecule has 1 atom stereocenters. The summed E-state index contributed by atoms with van der Waals surface area (Å²) in [5.41, 5.74) is 1.48. The number of carbonyl (C=O) groups is 1. The number of aryl methyl sites for hydroxylation is 1. The number of nitrogens with zero attached hydrogens (tertiary/aromatic N) is 2. The zero-order valence-corrected chi connectivity index (χ0v) is 16.2. The molecule has 0 aliphatic carbocycles. The molecule has 1 fully saturated rings. The molecule has 1 aromatic carbocycles. The predicted molar refractivity (Wildman–Crippen MR) is 102 cm³/mol. The lowest BCUT2D eigenvalue weighted by atomic mass is 10.0. The summed E-state index contributed by atoms with van der Waals surface area (Å²) >= 11 is 0. The first kappa shape index (κ1) is 19.3. The van der Waals surface area contributed by atoms with Gasteiger partial charge in [0, 0.05) is 12.6 Å². The summed E-state index contributed by atoms with van der Waals surface area (Å²) in [6.45, 7) is 2.23. The van der Waals surface area contributed by atoms with Crippen LogP contribution in [0.1, 0.15) is 24.8 Å². The highest BCUT2D eigenvalue weighted by Gasteiger charge is 2.37. The zero-order chi connectivity index (χ0) is 19.4. The van der Waals surface area contributed by atoms with Crippen LogP contribution in [0.5, 0.6) is 5.88 Å². The Kier molecular flexibility index (Phi) is 5.76. The smallest absolute Gasteiger partial charge is 0.243 e. The van der Waals surface area contributed by atoms with E-state index in [0.717, 1.165) is 18.4 Å². The SMILES string of the molecule is COc1ccc(NC(=O)[C@@H]2CCCCN2S(=O)(=O)c2ccc(C)cc2)cn1. The van der Waals surface area contributed by atoms with Gasteiger partial charge in [-0.3, -0.25) is 4.79 Å². The molecule has 27 heavy (non-hydrogen) atoms. The van der Waals surface area contributed by atoms with E-state index in [0.29, 0.717) is 24.5 Å². The number of nitrogens with one attached hydrogen (secondary N) is 1. The molecule has 144 valence electrons. The van der Waals surface area contributed by atoms with Gasteiger partial charge in [-0.05, 0) is 38.0 Å². The summed E-state index contributed by atoms with van der Waals surface area (Å²) < 4.78 is 32.4. The molecule has 2 heterocycles. The van der Waals surface area contributed by atoms with E-state index in [9.17, 15) is 13.2 Å². The third-order valence-electron chi connectivity index (χ3n) is 4.60. The molecule has 1 aliphatic rings. The highest BCUT2D eigenvalue weighted by Crippen LogP contribution is 2.26. The molecule has 1 aliphatic heterocycles. The molecule has 1 N–H and O–H groups in total. The van der Waals surface area contributed by atoms with Gasteiger partial charge in [0.15, 0.2) is 0 Å². The number of methoxy groups -OCH3 is 1. The van der Waals surface area contributed by atoms with Crippen LogP contribution in [-0.4, -0.2) is 43.3 Å². The molecule has 2 aromatic rings. The highest BCUT2D eigenvalue weighted by atomic mass is 32.2. The van der Waals surface area contributed by atoms with Gasteiger partial charge < -0.3 is 10.1 Å². The van der Waals surface area contributed by atoms with Crippen LogP contribution < -0.4 is 10.1 Å². The number of benzene rings is 1. The summed E-state index contributed by atoms with van der Waals surface area (Å²) in [5, 5.41) is 2.76. The number of sulfonamides is 1. The number of rotatable bonds is 5. The molecule has 3 rings (SSSR count). The number of hydrogen-bond donors (Lipinski definition) is 1. The van der Waals surface area contributed by atoms with Gasteiger partial charge in [0.1, 0.15) is 6.04 Å². The molecular formula is C19H23N3O4S. The molecule has 0 unspecified atom stereocenters. The standard InChI is InChI=1S/C19H23N3O4S/c1-14-6-9-16(10-7-14)27(24,25)22-12-4-3-5-17(22)19(23)21-15-8-11-18(26-2)20-13-15/h6-11,13,17H,3-5,12H2,1-2H3,(H,21,23)/t17-/m0/s1. The number of anilines is 1. The average molecular weight is 389 g/mol. The maximum Gasteiger partial charge on any atom is 0.243 e. The summed E-state index contributed by atoms with van der Waals surface area (Å²) in [6, 6.07) is 9.25. The number of carbonyl (C=O) groups excluding carboxylic acids is 1. The maximum atomic E-state index is 13.1. The fourth-order valence-corrected chi connectivity index (χ4v) is 4.76. The van der Waals surface area contributed by atoms with Gasteiger partial charge in [0.05, 0.1) is 23.9 Å². The van der Waals surface area contributed by atoms with Crippen LogP contribution >= 0.6 is 0 Å². The topological polar surface area (TPSA) is 88.6 Å². The number of piperidine rings is 1. The maximum absolute atomic E-state index is 13.1. The first-order valence-electron chi connectivity index (χ1n) is 8.81. The van der Waals surface area contributed by atoms with Crippen LogP contribution in [0.4, 0.5) is 5.69 Å². The lowest BCUT2D eigenvalue weighted by molar-refractivity contribution is -0.120. The second kappa shape index (κ2) is 8.06. The fourth-order valence-electron chi connectivity index (χ4n) is 3.10. The molecule has 0 bridgehead atoms. The summed E-state index contributed by atoms with van der Waals surface area (Å²) in [6.07, 6.45) is 3.51. The van der Waals surface area contributed by atoms with E-state index in [1.54, 1.807) is 36.4 Å². The van der Waals surface area contributed by atoms with E-state index >= 15 is 0 Å². The van der Waals surface area contributed by atoms with Gasteiger partial charge in [0.25, 0.3) is 0 Å². The quantitative estimate of drug-likeness (QED) is 0.849. The fraction of sp³-hybridized carbons (Fsp3) is 0.368. The molecule has 8 heteroatoms. The van der Waals surface area contributed by atoms with Crippen LogP contribution in [-0.2, 0) is 14.8 Å². The zero-order valence-electron chi connectivity index (χ0n) is 15.4. The van der Waals surface area contributed by atoms with Crippen LogP contribution in [0.3, 0.4) is 0 Å². The molecule has 1 amide bonds. The number of pyridine rings is 1. The minimum Gasteiger partial charge on any atom is -0.481 e. The van der Waals surface area contributed by atoms with Crippen molar-refractivity contribution in [3.63, 3.8) is 0 Å². The second-order valence-electron chi connectivity index (χ2n) is 6.52. The molecule has 1 saturated heterocycles. The number of ether oxygens (including phenoxy) is 1. The van der Waals surface area contributed by atoms with Crippen molar-refractivity contribution in [3.8, 4) is 5.88 Å². The average Bonchev–Trinajstić information content (AvgIpc) is 2.69. The molecule has 0 radical (unpaired) electrons. The monoisotopic (exact) mass is 389 g/mol. The van der Waals surface area contributed by atoms with Crippen molar-refractivity contribution >= 4 is 21.6 Å². The van der Waals surface area contributed by atoms with Gasteiger partial charge in [-0.15, -0.1) is 0 Å². The first-order chi connectivity index (χ1) is 12.9. The summed E-state index contributed by atoms with van der Waals surface area (Å²) in [4.78, 5) is 17.0. The first-order valence-corrected chi connectivity index (χ1v) is 10.3. The molecule has 0 spiro atoms. The second-order valence-corrected chi connectivity index (χ2v) is 8.41. The third-order valence-corrected chi connectivity index (χ3v) is 6.52. The van der Waals surface area contributed by atoms with Gasteiger partial charge in [0.2, 0.25) is 21.8 Å². The Morgan fingerprint density at radius 3 is 2.56 bits per heavy atom. The predicted octanol–water partition coefficient (Wildman–Crippen LogP) is 2.58. The Hall–Kier alpha value is -2.45. The Balaban J connectivity index is 1.81. The Labute approximate surface area is 159 Å². The van der Waals surface area contributed by atoms with Crippen molar-refractivity contribution in [1.29, 1.82) is 0 Å². The minimum atomic E-state index is -3.74. The Morgan fingerprint density at radius 2 is 1.93 bits per heavy atom. The van der Waals surface area contributed by atoms with Crippen molar-refractivity contribution in [1.82, 2.24) is 9.29 Å². The third kappa shape index (κ3) is 4.28. The Morgan fingerprint density at radius 1 is 1.19 bits per heavy atom. The van der Waals surface area contributed by atoms with Gasteiger partial charge >= 0.3 is 0 Å². The van der Waals surface area contributed by atoms with Crippen LogP contribution in [0.25, 0.3) is 0 Å². The van der Waals surface area contributed by atoms with Crippen molar-refractivity contribution in [3.05, 3.63) is 48.2 Å². The van der Waals surface area contributed by atoms with Crippen molar-refractivity contribution in [2.75, 3.05) is 19.0 Å². The molecule has 1 aromatic heterocycles. The van der Waals surface area contributed by atoms with Crippen molar-refractivity contribution in [2.45, 2.75) is 37.1 Å². The van der Waals surface area contributed by atoms with Gasteiger partial charge in [-0.1, -0.05) is 24.1 Å². The highest BCUT2D eigenvalue weighted by molar-refractivity contribution is 7.89. The van der Waals surface area contributed by atoms with E-state index in [4.69, 9.17) is 4.74 Å². The molecule has 0 saturated carbocycles. The largest absolute Gasteiger partial charge is 0.481 e. The van der Waals surface area contributed by atoms with Crippen LogP contribution in [0.15, 0.2) is 47.5 Å². The van der Waals surface area contributed by atoms with Crippen LogP contribution in [0.2, 0.25) is 0 Å². The Bertz CT molecular complexity index is 896. The number of aromatic nitrogens is 1. The van der Waals surface area contributed by atoms with E-state index in [1.807, 2.05) is 6.92 Å². The summed E-state index contributed by atoms with van der Waals surface area (Å²) in [7, 11) is -2.23. The van der Waals surface area contributed by atoms with Gasteiger partial charge in [-0.25, -0.2) is 13.4 Å². The molecule has 7 nitrogen and oxygen atoms in total. The van der Waals surface area contributed by atoms with Crippen molar-refractivity contribution < 1.29 is 17.9 Å².